The second-order valence-corrected chi connectivity index (χ2v) is 7.57. The van der Waals surface area contributed by atoms with E-state index in [1.54, 1.807) is 26.0 Å². The van der Waals surface area contributed by atoms with Crippen molar-refractivity contribution < 1.29 is 13.2 Å². The van der Waals surface area contributed by atoms with Crippen LogP contribution in [0.3, 0.4) is 0 Å². The number of hydrogen-bond acceptors (Lipinski definition) is 4. The van der Waals surface area contributed by atoms with E-state index >= 15 is 0 Å². The molecule has 1 aliphatic rings. The van der Waals surface area contributed by atoms with Gasteiger partial charge in [0.05, 0.1) is 29.7 Å². The second-order valence-electron chi connectivity index (χ2n) is 5.77. The van der Waals surface area contributed by atoms with Gasteiger partial charge in [0, 0.05) is 6.61 Å². The van der Waals surface area contributed by atoms with Crippen LogP contribution in [0.4, 0.5) is 5.69 Å². The summed E-state index contributed by atoms with van der Waals surface area (Å²) in [5, 5.41) is 6.78. The molecule has 1 aliphatic heterocycles. The summed E-state index contributed by atoms with van der Waals surface area (Å²) in [7, 11) is -3.70. The first-order chi connectivity index (χ1) is 11.0. The van der Waals surface area contributed by atoms with Crippen LogP contribution in [0.5, 0.6) is 0 Å². The van der Waals surface area contributed by atoms with Gasteiger partial charge in [-0.2, -0.15) is 5.10 Å². The molecule has 1 unspecified atom stereocenters. The largest absolute Gasteiger partial charge is 0.376 e. The van der Waals surface area contributed by atoms with E-state index in [0.717, 1.165) is 12.8 Å². The summed E-state index contributed by atoms with van der Waals surface area (Å²) in [6, 6.07) is 9.15. The Bertz CT molecular complexity index is 746. The Morgan fingerprint density at radius 2 is 2.04 bits per heavy atom. The van der Waals surface area contributed by atoms with Crippen LogP contribution >= 0.6 is 0 Å². The van der Waals surface area contributed by atoms with Gasteiger partial charge in [-0.1, -0.05) is 18.2 Å². The molecule has 7 heteroatoms. The van der Waals surface area contributed by atoms with E-state index in [9.17, 15) is 8.42 Å². The maximum atomic E-state index is 13.2. The van der Waals surface area contributed by atoms with Crippen molar-refractivity contribution in [3.8, 4) is 0 Å². The van der Waals surface area contributed by atoms with Crippen molar-refractivity contribution in [3.05, 3.63) is 41.7 Å². The van der Waals surface area contributed by atoms with E-state index < -0.39 is 10.0 Å². The third-order valence-corrected chi connectivity index (χ3v) is 6.10. The molecule has 0 bridgehead atoms. The van der Waals surface area contributed by atoms with Crippen molar-refractivity contribution >= 4 is 15.7 Å². The molecule has 2 heterocycles. The number of nitrogens with one attached hydrogen (secondary N) is 1. The lowest BCUT2D eigenvalue weighted by Crippen LogP contribution is -2.38. The molecule has 3 rings (SSSR count). The number of aryl methyl sites for hydroxylation is 2. The van der Waals surface area contributed by atoms with Gasteiger partial charge in [-0.25, -0.2) is 8.42 Å². The fourth-order valence-electron chi connectivity index (χ4n) is 2.94. The van der Waals surface area contributed by atoms with E-state index in [1.165, 1.54) is 4.31 Å². The Morgan fingerprint density at radius 1 is 1.30 bits per heavy atom. The maximum Gasteiger partial charge on any atom is 0.268 e. The smallest absolute Gasteiger partial charge is 0.268 e. The molecule has 0 aliphatic carbocycles. The number of benzene rings is 1. The number of ether oxygens (including phenoxy) is 1. The number of para-hydroxylation sites is 1. The molecule has 2 aromatic rings. The quantitative estimate of drug-likeness (QED) is 0.910. The van der Waals surface area contributed by atoms with Gasteiger partial charge in [-0.15, -0.1) is 0 Å². The number of anilines is 1. The summed E-state index contributed by atoms with van der Waals surface area (Å²) in [5.74, 6) is 0. The number of H-pyrrole nitrogens is 1. The van der Waals surface area contributed by atoms with Crippen LogP contribution in [-0.4, -0.2) is 37.9 Å². The van der Waals surface area contributed by atoms with Crippen molar-refractivity contribution in [2.24, 2.45) is 0 Å². The monoisotopic (exact) mass is 335 g/mol. The molecule has 6 nitrogen and oxygen atoms in total. The number of hydrogen-bond donors (Lipinski definition) is 1. The third kappa shape index (κ3) is 3.11. The lowest BCUT2D eigenvalue weighted by Gasteiger charge is -2.27. The lowest BCUT2D eigenvalue weighted by molar-refractivity contribution is 0.118. The standard InChI is InChI=1S/C16H21N3O3S/c1-12-16(13(2)18-17-12)23(20,21)19(11-15-9-6-10-22-15)14-7-4-3-5-8-14/h3-5,7-8,15H,6,9-11H2,1-2H3,(H,17,18). The van der Waals surface area contributed by atoms with E-state index in [2.05, 4.69) is 10.2 Å². The molecule has 1 saturated heterocycles. The van der Waals surface area contributed by atoms with Crippen LogP contribution in [0, 0.1) is 13.8 Å². The summed E-state index contributed by atoms with van der Waals surface area (Å²) in [4.78, 5) is 0.249. The molecule has 0 radical (unpaired) electrons. The van der Waals surface area contributed by atoms with E-state index in [4.69, 9.17) is 4.74 Å². The summed E-state index contributed by atoms with van der Waals surface area (Å²) in [6.07, 6.45) is 1.77. The van der Waals surface area contributed by atoms with Crippen molar-refractivity contribution in [1.82, 2.24) is 10.2 Å². The van der Waals surface area contributed by atoms with Crippen LogP contribution in [0.1, 0.15) is 24.2 Å². The third-order valence-electron chi connectivity index (χ3n) is 4.05. The molecule has 0 amide bonds. The fraction of sp³-hybridized carbons (Fsp3) is 0.438. The number of aromatic amines is 1. The minimum absolute atomic E-state index is 0.0718. The zero-order valence-electron chi connectivity index (χ0n) is 13.3. The van der Waals surface area contributed by atoms with Gasteiger partial charge >= 0.3 is 0 Å². The second kappa shape index (κ2) is 6.33. The van der Waals surface area contributed by atoms with Gasteiger partial charge in [0.1, 0.15) is 4.90 Å². The first kappa shape index (κ1) is 16.0. The average Bonchev–Trinajstić information content (AvgIpc) is 3.15. The zero-order chi connectivity index (χ0) is 16.4. The summed E-state index contributed by atoms with van der Waals surface area (Å²) < 4.78 is 33.6. The van der Waals surface area contributed by atoms with Crippen molar-refractivity contribution in [2.45, 2.75) is 37.7 Å². The predicted molar refractivity (Wildman–Crippen MR) is 88.0 cm³/mol. The van der Waals surface area contributed by atoms with Gasteiger partial charge < -0.3 is 4.74 Å². The van der Waals surface area contributed by atoms with Gasteiger partial charge in [-0.05, 0) is 38.8 Å². The number of nitrogens with zero attached hydrogens (tertiary/aromatic N) is 2. The summed E-state index contributed by atoms with van der Waals surface area (Å²) in [6.45, 7) is 4.43. The number of rotatable bonds is 5. The molecular weight excluding hydrogens is 314 g/mol. The van der Waals surface area contributed by atoms with Crippen LogP contribution in [-0.2, 0) is 14.8 Å². The first-order valence-electron chi connectivity index (χ1n) is 7.71. The molecule has 1 fully saturated rings. The van der Waals surface area contributed by atoms with Crippen LogP contribution in [0.2, 0.25) is 0 Å². The molecule has 1 N–H and O–H groups in total. The highest BCUT2D eigenvalue weighted by molar-refractivity contribution is 7.93. The maximum absolute atomic E-state index is 13.2. The van der Waals surface area contributed by atoms with Gasteiger partial charge in [0.15, 0.2) is 0 Å². The van der Waals surface area contributed by atoms with Crippen LogP contribution in [0.25, 0.3) is 0 Å². The van der Waals surface area contributed by atoms with Crippen LogP contribution in [0.15, 0.2) is 35.2 Å². The summed E-state index contributed by atoms with van der Waals surface area (Å²) in [5.41, 5.74) is 1.68. The summed E-state index contributed by atoms with van der Waals surface area (Å²) >= 11 is 0. The highest BCUT2D eigenvalue weighted by atomic mass is 32.2. The molecule has 0 spiro atoms. The zero-order valence-corrected chi connectivity index (χ0v) is 14.1. The minimum Gasteiger partial charge on any atom is -0.376 e. The molecular formula is C16H21N3O3S. The fourth-order valence-corrected chi connectivity index (χ4v) is 4.77. The van der Waals surface area contributed by atoms with Crippen molar-refractivity contribution in [2.75, 3.05) is 17.5 Å². The lowest BCUT2D eigenvalue weighted by atomic mass is 10.2. The minimum atomic E-state index is -3.70. The van der Waals surface area contributed by atoms with Crippen molar-refractivity contribution in [3.63, 3.8) is 0 Å². The van der Waals surface area contributed by atoms with Crippen LogP contribution < -0.4 is 4.31 Å². The van der Waals surface area contributed by atoms with E-state index in [0.29, 0.717) is 30.2 Å². The average molecular weight is 335 g/mol. The Hall–Kier alpha value is -1.86. The molecule has 0 saturated carbocycles. The van der Waals surface area contributed by atoms with Gasteiger partial charge in [-0.3, -0.25) is 9.40 Å². The van der Waals surface area contributed by atoms with E-state index in [-0.39, 0.29) is 11.0 Å². The number of sulfonamides is 1. The molecule has 1 atom stereocenters. The van der Waals surface area contributed by atoms with E-state index in [1.807, 2.05) is 18.2 Å². The topological polar surface area (TPSA) is 75.3 Å². The Kier molecular flexibility index (Phi) is 4.41. The Balaban J connectivity index is 2.03. The SMILES string of the molecule is Cc1n[nH]c(C)c1S(=O)(=O)N(CC1CCCO1)c1ccccc1. The van der Waals surface area contributed by atoms with Gasteiger partial charge in [0.2, 0.25) is 0 Å². The predicted octanol–water partition coefficient (Wildman–Crippen LogP) is 2.40. The molecule has 124 valence electrons. The van der Waals surface area contributed by atoms with Gasteiger partial charge in [0.25, 0.3) is 10.0 Å². The Morgan fingerprint density at radius 3 is 2.61 bits per heavy atom. The normalized spacial score (nSPS) is 18.3. The highest BCUT2D eigenvalue weighted by Gasteiger charge is 2.32. The van der Waals surface area contributed by atoms with Crippen molar-refractivity contribution in [1.29, 1.82) is 0 Å². The molecule has 1 aromatic carbocycles. The number of aromatic nitrogens is 2. The first-order valence-corrected chi connectivity index (χ1v) is 9.15. The molecule has 1 aromatic heterocycles. The highest BCUT2D eigenvalue weighted by Crippen LogP contribution is 2.28. The molecule has 23 heavy (non-hydrogen) atoms. The Labute approximate surface area is 136 Å².